The Balaban J connectivity index is 2.34. The van der Waals surface area contributed by atoms with Gasteiger partial charge in [-0.05, 0) is 37.4 Å². The molecule has 1 heterocycles. The smallest absolute Gasteiger partial charge is 0.0570 e. The van der Waals surface area contributed by atoms with Crippen molar-refractivity contribution in [2.24, 2.45) is 5.41 Å². The topological polar surface area (TPSA) is 24.9 Å². The average molecular weight is 206 g/mol. The molecule has 1 aromatic rings. The highest BCUT2D eigenvalue weighted by atomic mass is 14.9. The monoisotopic (exact) mass is 206 g/mol. The fraction of sp³-hybridized carbons (Fsp3) is 0.615. The lowest BCUT2D eigenvalue weighted by Crippen LogP contribution is -2.24. The number of rotatable bonds is 4. The summed E-state index contributed by atoms with van der Waals surface area (Å²) in [6.45, 7) is 9.99. The van der Waals surface area contributed by atoms with Crippen LogP contribution in [-0.2, 0) is 0 Å². The van der Waals surface area contributed by atoms with Gasteiger partial charge in [0.1, 0.15) is 0 Å². The number of aromatic nitrogens is 1. The van der Waals surface area contributed by atoms with E-state index >= 15 is 0 Å². The second kappa shape index (κ2) is 5.26. The molecule has 0 bridgehead atoms. The van der Waals surface area contributed by atoms with Crippen LogP contribution in [-0.4, -0.2) is 11.5 Å². The third-order valence-electron chi connectivity index (χ3n) is 2.46. The molecular weight excluding hydrogens is 184 g/mol. The molecule has 0 radical (unpaired) electrons. The zero-order valence-electron chi connectivity index (χ0n) is 10.2. The SMILES string of the molecule is C[C@@H](NCCC(C)(C)C)c1ccccn1. The molecule has 0 unspecified atom stereocenters. The van der Waals surface area contributed by atoms with Gasteiger partial charge in [-0.3, -0.25) is 4.98 Å². The van der Waals surface area contributed by atoms with Gasteiger partial charge in [0, 0.05) is 12.2 Å². The minimum atomic E-state index is 0.341. The summed E-state index contributed by atoms with van der Waals surface area (Å²) in [6.07, 6.45) is 3.03. The number of nitrogens with zero attached hydrogens (tertiary/aromatic N) is 1. The van der Waals surface area contributed by atoms with Gasteiger partial charge in [-0.25, -0.2) is 0 Å². The van der Waals surface area contributed by atoms with Crippen molar-refractivity contribution in [3.8, 4) is 0 Å². The van der Waals surface area contributed by atoms with Crippen LogP contribution < -0.4 is 5.32 Å². The highest BCUT2D eigenvalue weighted by Crippen LogP contribution is 2.18. The molecule has 0 aliphatic rings. The van der Waals surface area contributed by atoms with Crippen LogP contribution in [0.2, 0.25) is 0 Å². The van der Waals surface area contributed by atoms with Crippen LogP contribution in [0.3, 0.4) is 0 Å². The summed E-state index contributed by atoms with van der Waals surface area (Å²) in [6, 6.07) is 6.39. The summed E-state index contributed by atoms with van der Waals surface area (Å²) in [5.74, 6) is 0. The Kier molecular flexibility index (Phi) is 4.28. The molecule has 1 N–H and O–H groups in total. The predicted molar refractivity (Wildman–Crippen MR) is 64.7 cm³/mol. The van der Waals surface area contributed by atoms with E-state index in [-0.39, 0.29) is 0 Å². The van der Waals surface area contributed by atoms with E-state index in [1.807, 2.05) is 18.3 Å². The molecule has 0 aliphatic carbocycles. The Hall–Kier alpha value is -0.890. The molecule has 84 valence electrons. The van der Waals surface area contributed by atoms with Crippen molar-refractivity contribution in [2.45, 2.75) is 40.2 Å². The molecule has 15 heavy (non-hydrogen) atoms. The van der Waals surface area contributed by atoms with E-state index < -0.39 is 0 Å². The third kappa shape index (κ3) is 4.93. The fourth-order valence-electron chi connectivity index (χ4n) is 1.40. The van der Waals surface area contributed by atoms with Gasteiger partial charge >= 0.3 is 0 Å². The molecule has 0 saturated carbocycles. The molecule has 0 aromatic carbocycles. The van der Waals surface area contributed by atoms with Gasteiger partial charge in [-0.1, -0.05) is 26.8 Å². The maximum Gasteiger partial charge on any atom is 0.0570 e. The highest BCUT2D eigenvalue weighted by molar-refractivity contribution is 5.07. The van der Waals surface area contributed by atoms with Crippen molar-refractivity contribution in [3.05, 3.63) is 30.1 Å². The first-order valence-electron chi connectivity index (χ1n) is 5.63. The lowest BCUT2D eigenvalue weighted by molar-refractivity contribution is 0.357. The van der Waals surface area contributed by atoms with Gasteiger partial charge in [0.05, 0.1) is 5.69 Å². The van der Waals surface area contributed by atoms with Crippen LogP contribution in [0.15, 0.2) is 24.4 Å². The van der Waals surface area contributed by atoms with Crippen molar-refractivity contribution in [1.82, 2.24) is 10.3 Å². The van der Waals surface area contributed by atoms with Gasteiger partial charge in [-0.15, -0.1) is 0 Å². The summed E-state index contributed by atoms with van der Waals surface area (Å²) < 4.78 is 0. The van der Waals surface area contributed by atoms with Gasteiger partial charge in [0.15, 0.2) is 0 Å². The molecule has 0 spiro atoms. The standard InChI is InChI=1S/C13H22N2/c1-11(12-7-5-6-9-15-12)14-10-8-13(2,3)4/h5-7,9,11,14H,8,10H2,1-4H3/t11-/m1/s1. The van der Waals surface area contributed by atoms with Crippen molar-refractivity contribution in [3.63, 3.8) is 0 Å². The first-order chi connectivity index (χ1) is 6.99. The number of nitrogens with one attached hydrogen (secondary N) is 1. The van der Waals surface area contributed by atoms with Crippen molar-refractivity contribution < 1.29 is 0 Å². The van der Waals surface area contributed by atoms with E-state index in [1.54, 1.807) is 0 Å². The Morgan fingerprint density at radius 1 is 1.33 bits per heavy atom. The average Bonchev–Trinajstić information content (AvgIpc) is 2.17. The quantitative estimate of drug-likeness (QED) is 0.818. The summed E-state index contributed by atoms with van der Waals surface area (Å²) in [7, 11) is 0. The van der Waals surface area contributed by atoms with Crippen molar-refractivity contribution >= 4 is 0 Å². The van der Waals surface area contributed by atoms with Crippen LogP contribution in [0.5, 0.6) is 0 Å². The molecule has 0 aliphatic heterocycles. The molecule has 0 fully saturated rings. The Labute approximate surface area is 93.1 Å². The third-order valence-corrected chi connectivity index (χ3v) is 2.46. The van der Waals surface area contributed by atoms with Crippen LogP contribution in [0.1, 0.15) is 45.9 Å². The first kappa shape index (κ1) is 12.2. The van der Waals surface area contributed by atoms with E-state index in [1.165, 1.54) is 6.42 Å². The summed E-state index contributed by atoms with van der Waals surface area (Å²) in [4.78, 5) is 4.33. The maximum absolute atomic E-state index is 4.33. The lowest BCUT2D eigenvalue weighted by atomic mass is 9.92. The second-order valence-corrected chi connectivity index (χ2v) is 5.24. The first-order valence-corrected chi connectivity index (χ1v) is 5.63. The van der Waals surface area contributed by atoms with Crippen LogP contribution in [0.25, 0.3) is 0 Å². The van der Waals surface area contributed by atoms with E-state index in [2.05, 4.69) is 44.1 Å². The number of hydrogen-bond acceptors (Lipinski definition) is 2. The van der Waals surface area contributed by atoms with Crippen LogP contribution in [0, 0.1) is 5.41 Å². The molecule has 1 rings (SSSR count). The number of pyridine rings is 1. The molecule has 0 saturated heterocycles. The Morgan fingerprint density at radius 3 is 2.60 bits per heavy atom. The maximum atomic E-state index is 4.33. The normalized spacial score (nSPS) is 13.9. The van der Waals surface area contributed by atoms with E-state index in [0.29, 0.717) is 11.5 Å². The summed E-state index contributed by atoms with van der Waals surface area (Å²) >= 11 is 0. The minimum Gasteiger partial charge on any atom is -0.309 e. The summed E-state index contributed by atoms with van der Waals surface area (Å²) in [5.41, 5.74) is 1.52. The largest absolute Gasteiger partial charge is 0.309 e. The zero-order valence-corrected chi connectivity index (χ0v) is 10.2. The van der Waals surface area contributed by atoms with Crippen molar-refractivity contribution in [2.75, 3.05) is 6.54 Å². The highest BCUT2D eigenvalue weighted by Gasteiger charge is 2.11. The Morgan fingerprint density at radius 2 is 2.07 bits per heavy atom. The predicted octanol–water partition coefficient (Wildman–Crippen LogP) is 3.17. The Bertz CT molecular complexity index is 274. The number of hydrogen-bond donors (Lipinski definition) is 1. The summed E-state index contributed by atoms with van der Waals surface area (Å²) in [5, 5.41) is 3.49. The van der Waals surface area contributed by atoms with Gasteiger partial charge in [0.25, 0.3) is 0 Å². The van der Waals surface area contributed by atoms with Gasteiger partial charge in [-0.2, -0.15) is 0 Å². The van der Waals surface area contributed by atoms with Gasteiger partial charge in [0.2, 0.25) is 0 Å². The molecule has 2 heteroatoms. The van der Waals surface area contributed by atoms with Gasteiger partial charge < -0.3 is 5.32 Å². The molecule has 1 atom stereocenters. The fourth-order valence-corrected chi connectivity index (χ4v) is 1.40. The van der Waals surface area contributed by atoms with Crippen LogP contribution in [0.4, 0.5) is 0 Å². The zero-order chi connectivity index (χ0) is 11.3. The molecule has 1 aromatic heterocycles. The second-order valence-electron chi connectivity index (χ2n) is 5.24. The molecule has 2 nitrogen and oxygen atoms in total. The molecule has 0 amide bonds. The molecular formula is C13H22N2. The lowest BCUT2D eigenvalue weighted by Gasteiger charge is -2.20. The van der Waals surface area contributed by atoms with Crippen molar-refractivity contribution in [1.29, 1.82) is 0 Å². The van der Waals surface area contributed by atoms with E-state index in [9.17, 15) is 0 Å². The van der Waals surface area contributed by atoms with E-state index in [0.717, 1.165) is 12.2 Å². The van der Waals surface area contributed by atoms with Crippen LogP contribution >= 0.6 is 0 Å². The van der Waals surface area contributed by atoms with E-state index in [4.69, 9.17) is 0 Å². The minimum absolute atomic E-state index is 0.341.